The van der Waals surface area contributed by atoms with Crippen molar-refractivity contribution in [2.75, 3.05) is 0 Å². The summed E-state index contributed by atoms with van der Waals surface area (Å²) in [6.45, 7) is 0. The van der Waals surface area contributed by atoms with Crippen molar-refractivity contribution in [3.63, 3.8) is 0 Å². The topological polar surface area (TPSA) is 57.4 Å². The number of nitriles is 2. The molecule has 0 unspecified atom stereocenters. The maximum Gasteiger partial charge on any atom is 0.102 e. The van der Waals surface area contributed by atoms with E-state index in [9.17, 15) is 10.5 Å². The van der Waals surface area contributed by atoms with Crippen LogP contribution in [0.3, 0.4) is 0 Å². The molecular formula is C44H26N4. The van der Waals surface area contributed by atoms with E-state index in [1.807, 2.05) is 54.6 Å². The molecule has 0 aliphatic rings. The van der Waals surface area contributed by atoms with Crippen molar-refractivity contribution >= 4 is 43.6 Å². The molecule has 2 heterocycles. The zero-order chi connectivity index (χ0) is 32.2. The monoisotopic (exact) mass is 610 g/mol. The second-order valence-corrected chi connectivity index (χ2v) is 12.0. The van der Waals surface area contributed by atoms with E-state index in [4.69, 9.17) is 0 Å². The Labute approximate surface area is 277 Å². The summed E-state index contributed by atoms with van der Waals surface area (Å²) in [5.41, 5.74) is 11.6. The van der Waals surface area contributed by atoms with E-state index in [0.717, 1.165) is 66.5 Å². The number of aromatic nitrogens is 2. The van der Waals surface area contributed by atoms with Crippen LogP contribution in [0.15, 0.2) is 158 Å². The second kappa shape index (κ2) is 10.9. The third kappa shape index (κ3) is 4.07. The number of nitrogens with zero attached hydrogens (tertiary/aromatic N) is 4. The minimum absolute atomic E-state index is 0.638. The van der Waals surface area contributed by atoms with Gasteiger partial charge >= 0.3 is 0 Å². The fourth-order valence-corrected chi connectivity index (χ4v) is 7.31. The maximum absolute atomic E-state index is 10.6. The Kier molecular flexibility index (Phi) is 6.22. The van der Waals surface area contributed by atoms with Crippen LogP contribution in [0.5, 0.6) is 0 Å². The Morgan fingerprint density at radius 2 is 0.854 bits per heavy atom. The minimum Gasteiger partial charge on any atom is -0.309 e. The minimum atomic E-state index is 0.638. The molecule has 2 aromatic heterocycles. The van der Waals surface area contributed by atoms with Crippen LogP contribution in [0.25, 0.3) is 77.2 Å². The summed E-state index contributed by atoms with van der Waals surface area (Å²) in [5, 5.41) is 24.7. The molecule has 4 nitrogen and oxygen atoms in total. The summed E-state index contributed by atoms with van der Waals surface area (Å²) >= 11 is 0. The summed E-state index contributed by atoms with van der Waals surface area (Å²) < 4.78 is 4.50. The standard InChI is InChI=1S/C44H26N4/c45-27-29-20-25-44-37(26-29)36-13-4-8-18-42(36)47(44)39-15-5-1-10-33(39)31-23-21-30(22-24-31)32-14-9-19-43(38(32)28-46)48-40-16-6-2-11-34(40)35-12-3-7-17-41(35)48/h1-26H. The summed E-state index contributed by atoms with van der Waals surface area (Å²) in [5.74, 6) is 0. The first-order valence-corrected chi connectivity index (χ1v) is 15.9. The van der Waals surface area contributed by atoms with Gasteiger partial charge in [0.15, 0.2) is 0 Å². The lowest BCUT2D eigenvalue weighted by molar-refractivity contribution is 1.17. The van der Waals surface area contributed by atoms with Crippen molar-refractivity contribution in [3.05, 3.63) is 169 Å². The van der Waals surface area contributed by atoms with Crippen LogP contribution in [0, 0.1) is 22.7 Å². The summed E-state index contributed by atoms with van der Waals surface area (Å²) in [7, 11) is 0. The average Bonchev–Trinajstić information content (AvgIpc) is 3.67. The highest BCUT2D eigenvalue weighted by molar-refractivity contribution is 6.11. The molecular weight excluding hydrogens is 585 g/mol. The van der Waals surface area contributed by atoms with E-state index in [1.165, 1.54) is 10.8 Å². The van der Waals surface area contributed by atoms with Crippen molar-refractivity contribution in [2.24, 2.45) is 0 Å². The van der Waals surface area contributed by atoms with Crippen LogP contribution in [-0.4, -0.2) is 9.13 Å². The largest absolute Gasteiger partial charge is 0.309 e. The predicted octanol–water partition coefficient (Wildman–Crippen LogP) is 11.0. The van der Waals surface area contributed by atoms with E-state index in [0.29, 0.717) is 11.1 Å². The molecule has 0 saturated heterocycles. The molecule has 0 N–H and O–H groups in total. The molecule has 0 aliphatic carbocycles. The van der Waals surface area contributed by atoms with E-state index < -0.39 is 0 Å². The van der Waals surface area contributed by atoms with Gasteiger partial charge in [-0.25, -0.2) is 0 Å². The average molecular weight is 611 g/mol. The van der Waals surface area contributed by atoms with Crippen molar-refractivity contribution < 1.29 is 0 Å². The number of hydrogen-bond acceptors (Lipinski definition) is 2. The van der Waals surface area contributed by atoms with Crippen molar-refractivity contribution in [2.45, 2.75) is 0 Å². The third-order valence-electron chi connectivity index (χ3n) is 9.43. The number of fused-ring (bicyclic) bond motifs is 6. The molecule has 9 rings (SSSR count). The highest BCUT2D eigenvalue weighted by Crippen LogP contribution is 2.39. The van der Waals surface area contributed by atoms with Gasteiger partial charge in [-0.3, -0.25) is 0 Å². The van der Waals surface area contributed by atoms with E-state index in [-0.39, 0.29) is 0 Å². The number of hydrogen-bond donors (Lipinski definition) is 0. The lowest BCUT2D eigenvalue weighted by Gasteiger charge is -2.15. The molecule has 222 valence electrons. The maximum atomic E-state index is 10.6. The van der Waals surface area contributed by atoms with Gasteiger partial charge in [-0.05, 0) is 59.7 Å². The first kappa shape index (κ1) is 27.4. The van der Waals surface area contributed by atoms with Gasteiger partial charge < -0.3 is 9.13 Å². The van der Waals surface area contributed by atoms with Crippen molar-refractivity contribution in [3.8, 4) is 45.8 Å². The molecule has 48 heavy (non-hydrogen) atoms. The number of rotatable bonds is 4. The highest BCUT2D eigenvalue weighted by atomic mass is 15.0. The first-order valence-electron chi connectivity index (χ1n) is 15.9. The normalized spacial score (nSPS) is 11.3. The summed E-state index contributed by atoms with van der Waals surface area (Å²) in [6.07, 6.45) is 0. The molecule has 0 amide bonds. The Bertz CT molecular complexity index is 2750. The zero-order valence-electron chi connectivity index (χ0n) is 25.8. The Morgan fingerprint density at radius 1 is 0.375 bits per heavy atom. The van der Waals surface area contributed by atoms with Gasteiger partial charge in [0.05, 0.1) is 50.6 Å². The Hall–Kier alpha value is -6.88. The highest BCUT2D eigenvalue weighted by Gasteiger charge is 2.19. The summed E-state index contributed by atoms with van der Waals surface area (Å²) in [6, 6.07) is 58.9. The molecule has 0 saturated carbocycles. The molecule has 0 aliphatic heterocycles. The second-order valence-electron chi connectivity index (χ2n) is 12.0. The van der Waals surface area contributed by atoms with Crippen LogP contribution in [0.4, 0.5) is 0 Å². The third-order valence-corrected chi connectivity index (χ3v) is 9.43. The smallest absolute Gasteiger partial charge is 0.102 e. The quantitative estimate of drug-likeness (QED) is 0.199. The molecule has 7 aromatic carbocycles. The Balaban J connectivity index is 1.18. The molecule has 0 fully saturated rings. The lowest BCUT2D eigenvalue weighted by atomic mass is 9.95. The molecule has 0 bridgehead atoms. The van der Waals surface area contributed by atoms with Crippen LogP contribution in [0.2, 0.25) is 0 Å². The number of benzene rings is 7. The first-order chi connectivity index (χ1) is 23.7. The van der Waals surface area contributed by atoms with Gasteiger partial charge in [0, 0.05) is 32.7 Å². The van der Waals surface area contributed by atoms with E-state index in [1.54, 1.807) is 0 Å². The van der Waals surface area contributed by atoms with Crippen LogP contribution >= 0.6 is 0 Å². The molecule has 0 spiro atoms. The van der Waals surface area contributed by atoms with Gasteiger partial charge in [0.1, 0.15) is 6.07 Å². The SMILES string of the molecule is N#Cc1ccc2c(c1)c1ccccc1n2-c1ccccc1-c1ccc(-c2cccc(-n3c4ccccc4c4ccccc43)c2C#N)cc1. The molecule has 0 radical (unpaired) electrons. The van der Waals surface area contributed by atoms with Gasteiger partial charge in [0.25, 0.3) is 0 Å². The fourth-order valence-electron chi connectivity index (χ4n) is 7.31. The van der Waals surface area contributed by atoms with Gasteiger partial charge in [0.2, 0.25) is 0 Å². The van der Waals surface area contributed by atoms with Gasteiger partial charge in [-0.1, -0.05) is 109 Å². The molecule has 4 heteroatoms. The Morgan fingerprint density at radius 3 is 1.48 bits per heavy atom. The van der Waals surface area contributed by atoms with Crippen molar-refractivity contribution in [1.29, 1.82) is 10.5 Å². The van der Waals surface area contributed by atoms with E-state index in [2.05, 4.69) is 124 Å². The fraction of sp³-hybridized carbons (Fsp3) is 0. The lowest BCUT2D eigenvalue weighted by Crippen LogP contribution is -1.99. The van der Waals surface area contributed by atoms with E-state index >= 15 is 0 Å². The number of para-hydroxylation sites is 4. The van der Waals surface area contributed by atoms with Gasteiger partial charge in [-0.2, -0.15) is 10.5 Å². The van der Waals surface area contributed by atoms with Crippen molar-refractivity contribution in [1.82, 2.24) is 9.13 Å². The molecule has 0 atom stereocenters. The van der Waals surface area contributed by atoms with Crippen LogP contribution in [-0.2, 0) is 0 Å². The van der Waals surface area contributed by atoms with Crippen LogP contribution < -0.4 is 0 Å². The predicted molar refractivity (Wildman–Crippen MR) is 195 cm³/mol. The molecule has 9 aromatic rings. The van der Waals surface area contributed by atoms with Gasteiger partial charge in [-0.15, -0.1) is 0 Å². The van der Waals surface area contributed by atoms with Crippen LogP contribution in [0.1, 0.15) is 11.1 Å². The summed E-state index contributed by atoms with van der Waals surface area (Å²) in [4.78, 5) is 0. The zero-order valence-corrected chi connectivity index (χ0v) is 25.8.